The normalized spacial score (nSPS) is 11.2. The minimum atomic E-state index is -3.73. The minimum absolute atomic E-state index is 0.226. The maximum Gasteiger partial charge on any atom is 0.295 e. The number of hydrazine groups is 1. The van der Waals surface area contributed by atoms with Crippen LogP contribution in [-0.4, -0.2) is 46.9 Å². The molecule has 8 nitrogen and oxygen atoms in total. The van der Waals surface area contributed by atoms with Gasteiger partial charge in [0.2, 0.25) is 0 Å². The predicted molar refractivity (Wildman–Crippen MR) is 72.8 cm³/mol. The Morgan fingerprint density at radius 1 is 1.15 bits per heavy atom. The molecular formula is C11H17N3O5S. The lowest BCUT2D eigenvalue weighted by atomic mass is 10.2. The summed E-state index contributed by atoms with van der Waals surface area (Å²) in [6.07, 6.45) is 0. The molecule has 0 heterocycles. The fraction of sp³-hybridized carbons (Fsp3) is 0.364. The first-order valence-electron chi connectivity index (χ1n) is 5.53. The van der Waals surface area contributed by atoms with Crippen molar-refractivity contribution >= 4 is 16.1 Å². The van der Waals surface area contributed by atoms with E-state index in [9.17, 15) is 13.2 Å². The first-order chi connectivity index (χ1) is 9.31. The van der Waals surface area contributed by atoms with Crippen LogP contribution in [0.1, 0.15) is 10.4 Å². The monoisotopic (exact) mass is 303 g/mol. The summed E-state index contributed by atoms with van der Waals surface area (Å²) in [6.45, 7) is 0. The van der Waals surface area contributed by atoms with Gasteiger partial charge in [-0.1, -0.05) is 0 Å². The SMILES string of the molecule is COc1ccc(C(=O)NNS(=O)(=O)N(C)C)cc1OC. The van der Waals surface area contributed by atoms with Gasteiger partial charge in [-0.15, -0.1) is 4.83 Å². The van der Waals surface area contributed by atoms with Gasteiger partial charge in [-0.3, -0.25) is 10.2 Å². The average Bonchev–Trinajstić information content (AvgIpc) is 2.43. The smallest absolute Gasteiger partial charge is 0.295 e. The average molecular weight is 303 g/mol. The molecule has 20 heavy (non-hydrogen) atoms. The number of hydrogen-bond donors (Lipinski definition) is 2. The van der Waals surface area contributed by atoms with Crippen LogP contribution in [0.5, 0.6) is 11.5 Å². The predicted octanol–water partition coefficient (Wildman–Crippen LogP) is -0.255. The molecule has 1 aromatic carbocycles. The van der Waals surface area contributed by atoms with Gasteiger partial charge < -0.3 is 9.47 Å². The molecule has 0 unspecified atom stereocenters. The lowest BCUT2D eigenvalue weighted by Crippen LogP contribution is -2.46. The highest BCUT2D eigenvalue weighted by Crippen LogP contribution is 2.27. The van der Waals surface area contributed by atoms with Crippen LogP contribution in [0.15, 0.2) is 18.2 Å². The molecule has 0 aliphatic carbocycles. The van der Waals surface area contributed by atoms with Crippen LogP contribution >= 0.6 is 0 Å². The van der Waals surface area contributed by atoms with Crippen LogP contribution in [0.3, 0.4) is 0 Å². The molecule has 0 aliphatic rings. The molecule has 0 atom stereocenters. The molecule has 1 rings (SSSR count). The second kappa shape index (κ2) is 6.55. The Bertz CT molecular complexity index is 586. The molecule has 0 saturated carbocycles. The Balaban J connectivity index is 2.84. The van der Waals surface area contributed by atoms with Crippen molar-refractivity contribution in [2.24, 2.45) is 0 Å². The standard InChI is InChI=1S/C11H17N3O5S/c1-14(2)20(16,17)13-12-11(15)8-5-6-9(18-3)10(7-8)19-4/h5-7,13H,1-4H3,(H,12,15). The Morgan fingerprint density at radius 3 is 2.25 bits per heavy atom. The van der Waals surface area contributed by atoms with Gasteiger partial charge in [0.05, 0.1) is 14.2 Å². The highest BCUT2D eigenvalue weighted by molar-refractivity contribution is 7.87. The molecule has 2 N–H and O–H groups in total. The van der Waals surface area contributed by atoms with Crippen molar-refractivity contribution in [1.29, 1.82) is 0 Å². The lowest BCUT2D eigenvalue weighted by Gasteiger charge is -2.13. The van der Waals surface area contributed by atoms with Crippen molar-refractivity contribution in [3.05, 3.63) is 23.8 Å². The fourth-order valence-corrected chi connectivity index (χ4v) is 1.66. The number of rotatable bonds is 6. The van der Waals surface area contributed by atoms with Crippen molar-refractivity contribution < 1.29 is 22.7 Å². The van der Waals surface area contributed by atoms with E-state index in [1.165, 1.54) is 40.4 Å². The number of nitrogens with one attached hydrogen (secondary N) is 2. The fourth-order valence-electron chi connectivity index (χ4n) is 1.25. The van der Waals surface area contributed by atoms with Gasteiger partial charge in [0.15, 0.2) is 11.5 Å². The van der Waals surface area contributed by atoms with E-state index in [1.54, 1.807) is 6.07 Å². The Labute approximate surface area is 117 Å². The van der Waals surface area contributed by atoms with Gasteiger partial charge in [0, 0.05) is 19.7 Å². The van der Waals surface area contributed by atoms with Crippen molar-refractivity contribution in [2.75, 3.05) is 28.3 Å². The zero-order chi connectivity index (χ0) is 15.3. The van der Waals surface area contributed by atoms with E-state index in [0.29, 0.717) is 11.5 Å². The first kappa shape index (κ1) is 16.2. The van der Waals surface area contributed by atoms with E-state index in [2.05, 4.69) is 5.43 Å². The third kappa shape index (κ3) is 3.83. The summed E-state index contributed by atoms with van der Waals surface area (Å²) in [5, 5.41) is 0. The number of carbonyl (C=O) groups is 1. The number of methoxy groups -OCH3 is 2. The first-order valence-corrected chi connectivity index (χ1v) is 6.97. The topological polar surface area (TPSA) is 97.0 Å². The molecule has 9 heteroatoms. The zero-order valence-corrected chi connectivity index (χ0v) is 12.4. The van der Waals surface area contributed by atoms with Gasteiger partial charge in [0.1, 0.15) is 0 Å². The number of carbonyl (C=O) groups excluding carboxylic acids is 1. The van der Waals surface area contributed by atoms with Crippen molar-refractivity contribution in [2.45, 2.75) is 0 Å². The summed E-state index contributed by atoms with van der Waals surface area (Å²) in [5.74, 6) is 0.227. The number of ether oxygens (including phenoxy) is 2. The van der Waals surface area contributed by atoms with E-state index >= 15 is 0 Å². The zero-order valence-electron chi connectivity index (χ0n) is 11.6. The Morgan fingerprint density at radius 2 is 1.75 bits per heavy atom. The largest absolute Gasteiger partial charge is 0.493 e. The quantitative estimate of drug-likeness (QED) is 0.706. The van der Waals surface area contributed by atoms with Crippen LogP contribution in [0.25, 0.3) is 0 Å². The summed E-state index contributed by atoms with van der Waals surface area (Å²) in [4.78, 5) is 13.8. The number of nitrogens with zero attached hydrogens (tertiary/aromatic N) is 1. The van der Waals surface area contributed by atoms with E-state index in [-0.39, 0.29) is 5.56 Å². The van der Waals surface area contributed by atoms with E-state index in [0.717, 1.165) is 4.31 Å². The maximum atomic E-state index is 11.8. The molecule has 0 fully saturated rings. The van der Waals surface area contributed by atoms with Crippen LogP contribution in [0.2, 0.25) is 0 Å². The second-order valence-corrected chi connectivity index (χ2v) is 5.80. The van der Waals surface area contributed by atoms with Gasteiger partial charge in [0.25, 0.3) is 16.1 Å². The molecule has 0 bridgehead atoms. The Hall–Kier alpha value is -1.84. The molecule has 0 spiro atoms. The lowest BCUT2D eigenvalue weighted by molar-refractivity contribution is 0.0944. The summed E-state index contributed by atoms with van der Waals surface area (Å²) in [5.41, 5.74) is 2.32. The van der Waals surface area contributed by atoms with Crippen LogP contribution in [0.4, 0.5) is 0 Å². The molecule has 112 valence electrons. The number of benzene rings is 1. The maximum absolute atomic E-state index is 11.8. The van der Waals surface area contributed by atoms with Gasteiger partial charge >= 0.3 is 0 Å². The molecule has 1 amide bonds. The second-order valence-electron chi connectivity index (χ2n) is 3.91. The van der Waals surface area contributed by atoms with Crippen LogP contribution in [0, 0.1) is 0 Å². The van der Waals surface area contributed by atoms with Gasteiger partial charge in [-0.05, 0) is 18.2 Å². The van der Waals surface area contributed by atoms with Crippen LogP contribution in [-0.2, 0) is 10.2 Å². The molecule has 0 radical (unpaired) electrons. The molecule has 1 aromatic rings. The number of hydrogen-bond acceptors (Lipinski definition) is 5. The van der Waals surface area contributed by atoms with Gasteiger partial charge in [-0.2, -0.15) is 12.7 Å². The van der Waals surface area contributed by atoms with E-state index in [4.69, 9.17) is 9.47 Å². The summed E-state index contributed by atoms with van der Waals surface area (Å²) < 4.78 is 33.9. The highest BCUT2D eigenvalue weighted by Gasteiger charge is 2.16. The van der Waals surface area contributed by atoms with Crippen molar-refractivity contribution in [3.63, 3.8) is 0 Å². The highest BCUT2D eigenvalue weighted by atomic mass is 32.2. The van der Waals surface area contributed by atoms with Crippen molar-refractivity contribution in [3.8, 4) is 11.5 Å². The minimum Gasteiger partial charge on any atom is -0.493 e. The van der Waals surface area contributed by atoms with Gasteiger partial charge in [-0.25, -0.2) is 0 Å². The summed E-state index contributed by atoms with van der Waals surface area (Å²) in [7, 11) is 1.86. The molecule has 0 aromatic heterocycles. The third-order valence-corrected chi connectivity index (χ3v) is 3.74. The molecule has 0 aliphatic heterocycles. The molecule has 0 saturated heterocycles. The third-order valence-electron chi connectivity index (χ3n) is 2.42. The van der Waals surface area contributed by atoms with E-state index < -0.39 is 16.1 Å². The summed E-state index contributed by atoms with van der Waals surface area (Å²) in [6, 6.07) is 4.48. The van der Waals surface area contributed by atoms with E-state index in [1.807, 2.05) is 4.83 Å². The van der Waals surface area contributed by atoms with Crippen molar-refractivity contribution in [1.82, 2.24) is 14.6 Å². The summed E-state index contributed by atoms with van der Waals surface area (Å²) >= 11 is 0. The van der Waals surface area contributed by atoms with Crippen LogP contribution < -0.4 is 19.7 Å². The Kier molecular flexibility index (Phi) is 5.31. The number of amides is 1. The molecular weight excluding hydrogens is 286 g/mol.